The fourth-order valence-corrected chi connectivity index (χ4v) is 4.50. The highest BCUT2D eigenvalue weighted by Crippen LogP contribution is 2.19. The number of nitrogens with two attached hydrogens (primary N) is 4. The van der Waals surface area contributed by atoms with Crippen LogP contribution in [0.2, 0.25) is 0 Å². The summed E-state index contributed by atoms with van der Waals surface area (Å²) in [6.07, 6.45) is 4.26. The van der Waals surface area contributed by atoms with E-state index in [9.17, 15) is 29.1 Å². The molecule has 2 rings (SSSR count). The highest BCUT2D eigenvalue weighted by atomic mass is 16.4. The van der Waals surface area contributed by atoms with Gasteiger partial charge in [-0.15, -0.1) is 0 Å². The largest absolute Gasteiger partial charge is 0.480 e. The smallest absolute Gasteiger partial charge is 0.326 e. The lowest BCUT2D eigenvalue weighted by molar-refractivity contribution is -0.142. The molecule has 42 heavy (non-hydrogen) atoms. The number of primary amides is 1. The zero-order chi connectivity index (χ0) is 31.1. The number of amides is 4. The molecule has 0 fully saturated rings. The molecule has 232 valence electrons. The number of carbonyl (C=O) groups is 5. The van der Waals surface area contributed by atoms with Gasteiger partial charge in [0, 0.05) is 29.9 Å². The van der Waals surface area contributed by atoms with E-state index in [-0.39, 0.29) is 25.7 Å². The minimum atomic E-state index is -1.29. The Hall–Kier alpha value is -4.01. The Kier molecular flexibility index (Phi) is 14.4. The van der Waals surface area contributed by atoms with Gasteiger partial charge >= 0.3 is 5.97 Å². The standard InChI is InChI=1S/C28H44N8O6/c29-13-5-3-8-19(31)25(38)36-23(15-17-16-33-20-9-2-1-7-18(17)20)27(40)34-21(11-12-24(32)37)26(39)35-22(28(41)42)10-4-6-14-30/h1-2,7,9,16,19,21-23,33H,3-6,8,10-15,29-31H2,(H2,32,37)(H,34,40)(H,35,39)(H,36,38)(H,41,42). The van der Waals surface area contributed by atoms with Crippen molar-refractivity contribution in [1.29, 1.82) is 0 Å². The number of para-hydroxylation sites is 1. The molecule has 1 aromatic heterocycles. The molecule has 0 aliphatic heterocycles. The zero-order valence-electron chi connectivity index (χ0n) is 23.8. The Morgan fingerprint density at radius 1 is 0.786 bits per heavy atom. The second kappa shape index (κ2) is 17.7. The van der Waals surface area contributed by atoms with Gasteiger partial charge in [-0.05, 0) is 63.2 Å². The van der Waals surface area contributed by atoms with E-state index < -0.39 is 53.8 Å². The second-order valence-electron chi connectivity index (χ2n) is 10.3. The Labute approximate surface area is 244 Å². The van der Waals surface area contributed by atoms with Crippen LogP contribution < -0.4 is 38.9 Å². The van der Waals surface area contributed by atoms with Crippen LogP contribution in [0, 0.1) is 0 Å². The molecule has 0 aliphatic carbocycles. The highest BCUT2D eigenvalue weighted by Gasteiger charge is 2.31. The predicted octanol–water partition coefficient (Wildman–Crippen LogP) is -0.900. The maximum atomic E-state index is 13.6. The quantitative estimate of drug-likeness (QED) is 0.0866. The Morgan fingerprint density at radius 2 is 1.38 bits per heavy atom. The van der Waals surface area contributed by atoms with Crippen molar-refractivity contribution in [3.05, 3.63) is 36.0 Å². The molecule has 14 heteroatoms. The fourth-order valence-electron chi connectivity index (χ4n) is 4.50. The van der Waals surface area contributed by atoms with E-state index in [2.05, 4.69) is 20.9 Å². The molecule has 14 nitrogen and oxygen atoms in total. The molecule has 0 radical (unpaired) electrons. The van der Waals surface area contributed by atoms with Crippen molar-refractivity contribution in [1.82, 2.24) is 20.9 Å². The number of hydrogen-bond donors (Lipinski definition) is 9. The van der Waals surface area contributed by atoms with E-state index in [1.807, 2.05) is 24.3 Å². The normalized spacial score (nSPS) is 14.0. The van der Waals surface area contributed by atoms with Crippen molar-refractivity contribution in [2.24, 2.45) is 22.9 Å². The number of hydrogen-bond acceptors (Lipinski definition) is 8. The van der Waals surface area contributed by atoms with Crippen LogP contribution in [0.3, 0.4) is 0 Å². The van der Waals surface area contributed by atoms with Crippen LogP contribution in [0.25, 0.3) is 10.9 Å². The lowest BCUT2D eigenvalue weighted by Crippen LogP contribution is -2.57. The molecular formula is C28H44N8O6. The summed E-state index contributed by atoms with van der Waals surface area (Å²) in [5, 5.41) is 18.1. The van der Waals surface area contributed by atoms with Crippen LogP contribution in [0.4, 0.5) is 0 Å². The molecule has 0 bridgehead atoms. The topological polar surface area (TPSA) is 262 Å². The summed E-state index contributed by atoms with van der Waals surface area (Å²) in [5.41, 5.74) is 23.9. The third-order valence-electron chi connectivity index (χ3n) is 6.91. The first-order valence-electron chi connectivity index (χ1n) is 14.2. The third-order valence-corrected chi connectivity index (χ3v) is 6.91. The average molecular weight is 589 g/mol. The summed E-state index contributed by atoms with van der Waals surface area (Å²) in [4.78, 5) is 66.1. The molecule has 13 N–H and O–H groups in total. The van der Waals surface area contributed by atoms with Gasteiger partial charge in [-0.1, -0.05) is 24.6 Å². The summed E-state index contributed by atoms with van der Waals surface area (Å²) in [6, 6.07) is 2.92. The molecule has 1 aromatic carbocycles. The summed E-state index contributed by atoms with van der Waals surface area (Å²) in [6.45, 7) is 0.836. The monoisotopic (exact) mass is 588 g/mol. The lowest BCUT2D eigenvalue weighted by Gasteiger charge is -2.25. The summed E-state index contributed by atoms with van der Waals surface area (Å²) in [7, 11) is 0. The van der Waals surface area contributed by atoms with Gasteiger partial charge in [-0.3, -0.25) is 19.2 Å². The average Bonchev–Trinajstić information content (AvgIpc) is 3.36. The number of carbonyl (C=O) groups excluding carboxylic acids is 4. The van der Waals surface area contributed by atoms with Gasteiger partial charge in [-0.2, -0.15) is 0 Å². The van der Waals surface area contributed by atoms with Gasteiger partial charge in [-0.25, -0.2) is 4.79 Å². The third kappa shape index (κ3) is 11.1. The van der Waals surface area contributed by atoms with Crippen molar-refractivity contribution in [3.63, 3.8) is 0 Å². The van der Waals surface area contributed by atoms with Crippen molar-refractivity contribution in [2.45, 2.75) is 82.0 Å². The van der Waals surface area contributed by atoms with Crippen molar-refractivity contribution >= 4 is 40.5 Å². The number of rotatable bonds is 20. The molecule has 1 heterocycles. The Balaban J connectivity index is 2.27. The van der Waals surface area contributed by atoms with E-state index in [4.69, 9.17) is 22.9 Å². The number of aromatic amines is 1. The highest BCUT2D eigenvalue weighted by molar-refractivity contribution is 5.95. The molecule has 4 unspecified atom stereocenters. The summed E-state index contributed by atoms with van der Waals surface area (Å²) in [5.74, 6) is -3.99. The molecule has 0 spiro atoms. The minimum Gasteiger partial charge on any atom is -0.480 e. The molecule has 0 saturated heterocycles. The van der Waals surface area contributed by atoms with Gasteiger partial charge in [0.25, 0.3) is 0 Å². The van der Waals surface area contributed by atoms with Crippen molar-refractivity contribution < 1.29 is 29.1 Å². The molecule has 4 atom stereocenters. The minimum absolute atomic E-state index is 0.0676. The molecule has 2 aromatic rings. The second-order valence-corrected chi connectivity index (χ2v) is 10.3. The van der Waals surface area contributed by atoms with Crippen molar-refractivity contribution in [2.75, 3.05) is 13.1 Å². The van der Waals surface area contributed by atoms with E-state index in [1.165, 1.54) is 0 Å². The number of fused-ring (bicyclic) bond motifs is 1. The number of nitrogens with one attached hydrogen (secondary N) is 4. The number of aliphatic carboxylic acids is 1. The van der Waals surface area contributed by atoms with Crippen LogP contribution >= 0.6 is 0 Å². The van der Waals surface area contributed by atoms with E-state index in [0.29, 0.717) is 45.2 Å². The summed E-state index contributed by atoms with van der Waals surface area (Å²) < 4.78 is 0. The fraction of sp³-hybridized carbons (Fsp3) is 0.536. The van der Waals surface area contributed by atoms with Gasteiger partial charge in [0.1, 0.15) is 18.1 Å². The molecule has 4 amide bonds. The molecule has 0 saturated carbocycles. The lowest BCUT2D eigenvalue weighted by atomic mass is 10.0. The number of benzene rings is 1. The maximum absolute atomic E-state index is 13.6. The van der Waals surface area contributed by atoms with Crippen LogP contribution in [0.5, 0.6) is 0 Å². The van der Waals surface area contributed by atoms with Gasteiger partial charge < -0.3 is 49.0 Å². The number of H-pyrrole nitrogens is 1. The maximum Gasteiger partial charge on any atom is 0.326 e. The first kappa shape index (κ1) is 34.2. The molecular weight excluding hydrogens is 544 g/mol. The number of carboxylic acid groups (broad SMARTS) is 1. The number of aromatic nitrogens is 1. The van der Waals surface area contributed by atoms with Crippen LogP contribution in [0.1, 0.15) is 56.9 Å². The van der Waals surface area contributed by atoms with Crippen LogP contribution in [-0.4, -0.2) is 76.9 Å². The molecule has 0 aliphatic rings. The predicted molar refractivity (Wildman–Crippen MR) is 158 cm³/mol. The van der Waals surface area contributed by atoms with E-state index in [1.54, 1.807) is 6.20 Å². The van der Waals surface area contributed by atoms with E-state index >= 15 is 0 Å². The van der Waals surface area contributed by atoms with Gasteiger partial charge in [0.2, 0.25) is 23.6 Å². The van der Waals surface area contributed by atoms with Crippen LogP contribution in [0.15, 0.2) is 30.5 Å². The van der Waals surface area contributed by atoms with E-state index in [0.717, 1.165) is 16.5 Å². The number of unbranched alkanes of at least 4 members (excludes halogenated alkanes) is 2. The van der Waals surface area contributed by atoms with Gasteiger partial charge in [0.05, 0.1) is 6.04 Å². The Bertz CT molecular complexity index is 1200. The van der Waals surface area contributed by atoms with Gasteiger partial charge in [0.15, 0.2) is 0 Å². The first-order valence-corrected chi connectivity index (χ1v) is 14.2. The zero-order valence-corrected chi connectivity index (χ0v) is 23.8. The summed E-state index contributed by atoms with van der Waals surface area (Å²) >= 11 is 0. The number of carboxylic acids is 1. The van der Waals surface area contributed by atoms with Crippen molar-refractivity contribution in [3.8, 4) is 0 Å². The Morgan fingerprint density at radius 3 is 2.02 bits per heavy atom. The SMILES string of the molecule is NCCCCC(N)C(=O)NC(Cc1c[nH]c2ccccc12)C(=O)NC(CCC(N)=O)C(=O)NC(CCCCN)C(=O)O. The first-order chi connectivity index (χ1) is 20.1. The van der Waals surface area contributed by atoms with Crippen LogP contribution in [-0.2, 0) is 30.4 Å².